The van der Waals surface area contributed by atoms with Crippen LogP contribution in [0.5, 0.6) is 0 Å². The molecule has 0 spiro atoms. The van der Waals surface area contributed by atoms with Gasteiger partial charge in [0.1, 0.15) is 0 Å². The average molecular weight is 238 g/mol. The van der Waals surface area contributed by atoms with Gasteiger partial charge in [-0.3, -0.25) is 0 Å². The fraction of sp³-hybridized carbons (Fsp3) is 1.00. The van der Waals surface area contributed by atoms with Gasteiger partial charge >= 0.3 is 0 Å². The molecule has 0 radical (unpaired) electrons. The molecule has 2 aliphatic carbocycles. The van der Waals surface area contributed by atoms with E-state index in [0.29, 0.717) is 0 Å². The molecule has 3 atom stereocenters. The molecule has 2 fully saturated rings. The zero-order valence-electron chi connectivity index (χ0n) is 11.7. The third-order valence-electron chi connectivity index (χ3n) is 4.55. The Kier molecular flexibility index (Phi) is 5.30. The Balaban J connectivity index is 1.42. The summed E-state index contributed by atoms with van der Waals surface area (Å²) in [5.41, 5.74) is 0. The van der Waals surface area contributed by atoms with Gasteiger partial charge in [-0.2, -0.15) is 0 Å². The first-order valence-electron chi connectivity index (χ1n) is 7.67. The van der Waals surface area contributed by atoms with Crippen molar-refractivity contribution in [1.29, 1.82) is 0 Å². The molecule has 0 aromatic rings. The van der Waals surface area contributed by atoms with E-state index in [-0.39, 0.29) is 0 Å². The molecular weight excluding hydrogens is 208 g/mol. The van der Waals surface area contributed by atoms with Crippen molar-refractivity contribution in [3.63, 3.8) is 0 Å². The largest absolute Gasteiger partial charge is 0.316 e. The lowest BCUT2D eigenvalue weighted by molar-refractivity contribution is 0.318. The molecule has 0 amide bonds. The van der Waals surface area contributed by atoms with E-state index in [2.05, 4.69) is 24.5 Å². The summed E-state index contributed by atoms with van der Waals surface area (Å²) in [6.45, 7) is 9.33. The van der Waals surface area contributed by atoms with Gasteiger partial charge in [0, 0.05) is 0 Å². The van der Waals surface area contributed by atoms with Gasteiger partial charge in [-0.05, 0) is 75.5 Å². The van der Waals surface area contributed by atoms with Crippen LogP contribution in [0.2, 0.25) is 0 Å². The summed E-state index contributed by atoms with van der Waals surface area (Å²) < 4.78 is 0. The minimum atomic E-state index is 0.775. The number of nitrogens with one attached hydrogen (secondary N) is 2. The van der Waals surface area contributed by atoms with Gasteiger partial charge in [0.2, 0.25) is 0 Å². The van der Waals surface area contributed by atoms with E-state index >= 15 is 0 Å². The van der Waals surface area contributed by atoms with E-state index in [1.54, 1.807) is 6.42 Å². The van der Waals surface area contributed by atoms with E-state index in [4.69, 9.17) is 0 Å². The Labute approximate surface area is 107 Å². The van der Waals surface area contributed by atoms with Gasteiger partial charge in [-0.25, -0.2) is 0 Å². The van der Waals surface area contributed by atoms with Gasteiger partial charge in [0.05, 0.1) is 0 Å². The minimum Gasteiger partial charge on any atom is -0.316 e. The van der Waals surface area contributed by atoms with Crippen molar-refractivity contribution in [2.75, 3.05) is 26.2 Å². The smallest absolute Gasteiger partial charge is 0.00178 e. The zero-order chi connectivity index (χ0) is 12.1. The maximum atomic E-state index is 3.66. The van der Waals surface area contributed by atoms with Crippen molar-refractivity contribution in [2.45, 2.75) is 46.0 Å². The number of hydrogen-bond donors (Lipinski definition) is 2. The van der Waals surface area contributed by atoms with Crippen LogP contribution in [0.4, 0.5) is 0 Å². The van der Waals surface area contributed by atoms with Gasteiger partial charge in [0.15, 0.2) is 0 Å². The molecule has 0 heterocycles. The van der Waals surface area contributed by atoms with Crippen molar-refractivity contribution in [3.8, 4) is 0 Å². The van der Waals surface area contributed by atoms with Crippen molar-refractivity contribution >= 4 is 0 Å². The summed E-state index contributed by atoms with van der Waals surface area (Å²) >= 11 is 0. The van der Waals surface area contributed by atoms with Crippen LogP contribution in [-0.2, 0) is 0 Å². The highest BCUT2D eigenvalue weighted by Crippen LogP contribution is 2.47. The van der Waals surface area contributed by atoms with Crippen molar-refractivity contribution in [1.82, 2.24) is 10.6 Å². The van der Waals surface area contributed by atoms with Crippen LogP contribution in [-0.4, -0.2) is 26.2 Å². The second kappa shape index (κ2) is 6.75. The Morgan fingerprint density at radius 2 is 1.88 bits per heavy atom. The molecule has 0 aliphatic heterocycles. The predicted octanol–water partition coefficient (Wildman–Crippen LogP) is 2.65. The summed E-state index contributed by atoms with van der Waals surface area (Å²) in [5, 5.41) is 7.16. The quantitative estimate of drug-likeness (QED) is 0.635. The summed E-state index contributed by atoms with van der Waals surface area (Å²) in [5.74, 6) is 3.96. The molecule has 3 unspecified atom stereocenters. The van der Waals surface area contributed by atoms with Crippen LogP contribution in [0.25, 0.3) is 0 Å². The lowest BCUT2D eigenvalue weighted by Crippen LogP contribution is -2.29. The molecule has 2 aliphatic rings. The molecule has 0 aromatic heterocycles. The van der Waals surface area contributed by atoms with Crippen molar-refractivity contribution in [2.24, 2.45) is 23.7 Å². The molecule has 2 N–H and O–H groups in total. The Morgan fingerprint density at radius 3 is 2.53 bits per heavy atom. The maximum absolute atomic E-state index is 3.66. The normalized spacial score (nSPS) is 31.6. The first-order chi connectivity index (χ1) is 8.25. The fourth-order valence-corrected chi connectivity index (χ4v) is 3.64. The van der Waals surface area contributed by atoms with Crippen LogP contribution in [0.15, 0.2) is 0 Å². The van der Waals surface area contributed by atoms with Crippen LogP contribution < -0.4 is 10.6 Å². The minimum absolute atomic E-state index is 0.775. The summed E-state index contributed by atoms with van der Waals surface area (Å²) in [6.07, 6.45) is 7.38. The van der Waals surface area contributed by atoms with Gasteiger partial charge < -0.3 is 10.6 Å². The molecule has 2 heteroatoms. The highest BCUT2D eigenvalue weighted by molar-refractivity contribution is 4.90. The van der Waals surface area contributed by atoms with E-state index in [1.807, 2.05) is 0 Å². The second-order valence-electron chi connectivity index (χ2n) is 6.59. The molecule has 100 valence electrons. The Bertz CT molecular complexity index is 215. The van der Waals surface area contributed by atoms with Gasteiger partial charge in [-0.15, -0.1) is 0 Å². The van der Waals surface area contributed by atoms with Crippen LogP contribution in [0.3, 0.4) is 0 Å². The molecule has 2 rings (SSSR count). The SMILES string of the molecule is CC(C)CNCCCNCC1CC2CCC1C2. The molecule has 0 saturated heterocycles. The second-order valence-corrected chi connectivity index (χ2v) is 6.59. The van der Waals surface area contributed by atoms with E-state index < -0.39 is 0 Å². The number of rotatable bonds is 8. The van der Waals surface area contributed by atoms with E-state index in [9.17, 15) is 0 Å². The standard InChI is InChI=1S/C15H30N2/c1-12(2)10-16-6-3-7-17-11-15-9-13-4-5-14(15)8-13/h12-17H,3-11H2,1-2H3. The first-order valence-corrected chi connectivity index (χ1v) is 7.67. The summed E-state index contributed by atoms with van der Waals surface area (Å²) in [6, 6.07) is 0. The lowest BCUT2D eigenvalue weighted by Gasteiger charge is -2.21. The summed E-state index contributed by atoms with van der Waals surface area (Å²) in [7, 11) is 0. The Morgan fingerprint density at radius 1 is 1.06 bits per heavy atom. The van der Waals surface area contributed by atoms with Crippen LogP contribution in [0, 0.1) is 23.7 Å². The summed E-state index contributed by atoms with van der Waals surface area (Å²) in [4.78, 5) is 0. The Hall–Kier alpha value is -0.0800. The lowest BCUT2D eigenvalue weighted by atomic mass is 9.89. The maximum Gasteiger partial charge on any atom is -0.00178 e. The first kappa shape index (κ1) is 13.4. The molecule has 2 nitrogen and oxygen atoms in total. The van der Waals surface area contributed by atoms with E-state index in [0.717, 1.165) is 30.2 Å². The molecule has 17 heavy (non-hydrogen) atoms. The zero-order valence-corrected chi connectivity index (χ0v) is 11.7. The molecular formula is C15H30N2. The monoisotopic (exact) mass is 238 g/mol. The molecule has 0 aromatic carbocycles. The number of hydrogen-bond acceptors (Lipinski definition) is 2. The van der Waals surface area contributed by atoms with Gasteiger partial charge in [0.25, 0.3) is 0 Å². The molecule has 2 saturated carbocycles. The number of fused-ring (bicyclic) bond motifs is 2. The third-order valence-corrected chi connectivity index (χ3v) is 4.55. The van der Waals surface area contributed by atoms with Gasteiger partial charge in [-0.1, -0.05) is 20.3 Å². The fourth-order valence-electron chi connectivity index (χ4n) is 3.64. The van der Waals surface area contributed by atoms with Crippen LogP contribution >= 0.6 is 0 Å². The van der Waals surface area contributed by atoms with Crippen LogP contribution in [0.1, 0.15) is 46.0 Å². The predicted molar refractivity (Wildman–Crippen MR) is 74.1 cm³/mol. The highest BCUT2D eigenvalue weighted by Gasteiger charge is 2.38. The average Bonchev–Trinajstić information content (AvgIpc) is 2.89. The van der Waals surface area contributed by atoms with E-state index in [1.165, 1.54) is 45.3 Å². The topological polar surface area (TPSA) is 24.1 Å². The van der Waals surface area contributed by atoms with Crippen molar-refractivity contribution in [3.05, 3.63) is 0 Å². The van der Waals surface area contributed by atoms with Crippen molar-refractivity contribution < 1.29 is 0 Å². The molecule has 2 bridgehead atoms. The third kappa shape index (κ3) is 4.26. The highest BCUT2D eigenvalue weighted by atomic mass is 14.9.